The van der Waals surface area contributed by atoms with Crippen LogP contribution in [0.15, 0.2) is 52.9 Å². The first-order valence-electron chi connectivity index (χ1n) is 12.5. The van der Waals surface area contributed by atoms with Gasteiger partial charge in [0.25, 0.3) is 0 Å². The third-order valence-corrected chi connectivity index (χ3v) is 7.34. The fraction of sp³-hybridized carbons (Fsp3) is 0.400. The second-order valence-corrected chi connectivity index (χ2v) is 11.1. The van der Waals surface area contributed by atoms with Gasteiger partial charge in [-0.15, -0.1) is 0 Å². The van der Waals surface area contributed by atoms with E-state index < -0.39 is 17.7 Å². The molecule has 1 heterocycles. The third-order valence-electron chi connectivity index (χ3n) is 7.05. The number of carbonyl (C=O) groups is 2. The Morgan fingerprint density at radius 1 is 1.14 bits per heavy atom. The lowest BCUT2D eigenvalue weighted by Crippen LogP contribution is -2.39. The number of hydrogen-bond acceptors (Lipinski definition) is 5. The molecule has 196 valence electrons. The first-order chi connectivity index (χ1) is 17.4. The molecular weight excluding hydrogens is 493 g/mol. The molecule has 2 aliphatic rings. The Morgan fingerprint density at radius 3 is 2.54 bits per heavy atom. The van der Waals surface area contributed by atoms with Crippen LogP contribution in [-0.2, 0) is 20.9 Å². The number of nitrogens with one attached hydrogen (secondary N) is 1. The first-order valence-corrected chi connectivity index (χ1v) is 12.9. The SMILES string of the molecule is CCOC(=O)C1=C(C)NC2=C(C(=O)CC(C)(C)C2)C1c1cc(COc2ccc(F)cc2Cl)c(C)cc1C. The number of ether oxygens (including phenoxy) is 2. The van der Waals surface area contributed by atoms with Crippen LogP contribution in [0.5, 0.6) is 5.75 Å². The average Bonchev–Trinajstić information content (AvgIpc) is 2.78. The minimum atomic E-state index is -0.548. The number of esters is 1. The summed E-state index contributed by atoms with van der Waals surface area (Å²) in [6, 6.07) is 8.05. The highest BCUT2D eigenvalue weighted by molar-refractivity contribution is 6.32. The second kappa shape index (κ2) is 10.3. The normalized spacial score (nSPS) is 18.9. The lowest BCUT2D eigenvalue weighted by molar-refractivity contribution is -0.138. The monoisotopic (exact) mass is 525 g/mol. The molecule has 4 rings (SSSR count). The largest absolute Gasteiger partial charge is 0.487 e. The van der Waals surface area contributed by atoms with Gasteiger partial charge in [0.15, 0.2) is 5.78 Å². The topological polar surface area (TPSA) is 64.6 Å². The Morgan fingerprint density at radius 2 is 1.86 bits per heavy atom. The number of rotatable bonds is 6. The first kappa shape index (κ1) is 26.9. The Hall–Kier alpha value is -3.12. The number of ketones is 1. The van der Waals surface area contributed by atoms with Crippen molar-refractivity contribution in [2.45, 2.75) is 66.9 Å². The molecule has 2 aromatic rings. The summed E-state index contributed by atoms with van der Waals surface area (Å²) in [6.45, 7) is 12.2. The van der Waals surface area contributed by atoms with Gasteiger partial charge in [-0.2, -0.15) is 0 Å². The van der Waals surface area contributed by atoms with Gasteiger partial charge in [-0.3, -0.25) is 4.79 Å². The van der Waals surface area contributed by atoms with E-state index in [2.05, 4.69) is 19.2 Å². The summed E-state index contributed by atoms with van der Waals surface area (Å²) in [7, 11) is 0. The quantitative estimate of drug-likeness (QED) is 0.418. The zero-order valence-corrected chi connectivity index (χ0v) is 22.9. The average molecular weight is 526 g/mol. The molecule has 0 saturated carbocycles. The number of dihydropyridines is 1. The minimum absolute atomic E-state index is 0.0360. The summed E-state index contributed by atoms with van der Waals surface area (Å²) in [5.41, 5.74) is 6.18. The van der Waals surface area contributed by atoms with Gasteiger partial charge in [-0.25, -0.2) is 9.18 Å². The summed E-state index contributed by atoms with van der Waals surface area (Å²) in [6.07, 6.45) is 1.12. The van der Waals surface area contributed by atoms with E-state index >= 15 is 0 Å². The smallest absolute Gasteiger partial charge is 0.336 e. The number of hydrogen-bond donors (Lipinski definition) is 1. The highest BCUT2D eigenvalue weighted by Gasteiger charge is 2.43. The molecule has 37 heavy (non-hydrogen) atoms. The van der Waals surface area contributed by atoms with Crippen molar-refractivity contribution in [2.75, 3.05) is 6.61 Å². The lowest BCUT2D eigenvalue weighted by Gasteiger charge is -2.40. The van der Waals surface area contributed by atoms with E-state index in [0.29, 0.717) is 35.4 Å². The number of aryl methyl sites for hydroxylation is 2. The van der Waals surface area contributed by atoms with Crippen molar-refractivity contribution in [3.8, 4) is 5.75 Å². The van der Waals surface area contributed by atoms with E-state index in [4.69, 9.17) is 21.1 Å². The Kier molecular flexibility index (Phi) is 7.52. The molecule has 0 amide bonds. The van der Waals surface area contributed by atoms with Crippen LogP contribution in [0.1, 0.15) is 68.7 Å². The molecule has 1 unspecified atom stereocenters. The highest BCUT2D eigenvalue weighted by Crippen LogP contribution is 2.47. The zero-order valence-electron chi connectivity index (χ0n) is 22.2. The molecular formula is C30H33ClFNO4. The van der Waals surface area contributed by atoms with Crippen LogP contribution < -0.4 is 10.1 Å². The van der Waals surface area contributed by atoms with E-state index in [1.165, 1.54) is 18.2 Å². The molecule has 1 aliphatic heterocycles. The molecule has 0 radical (unpaired) electrons. The highest BCUT2D eigenvalue weighted by atomic mass is 35.5. The van der Waals surface area contributed by atoms with Gasteiger partial charge in [0.05, 0.1) is 17.2 Å². The van der Waals surface area contributed by atoms with Crippen molar-refractivity contribution in [3.63, 3.8) is 0 Å². The molecule has 2 aromatic carbocycles. The summed E-state index contributed by atoms with van der Waals surface area (Å²) < 4.78 is 24.8. The fourth-order valence-electron chi connectivity index (χ4n) is 5.36. The predicted octanol–water partition coefficient (Wildman–Crippen LogP) is 6.84. The predicted molar refractivity (Wildman–Crippen MR) is 142 cm³/mol. The number of halogens is 2. The van der Waals surface area contributed by atoms with E-state index in [1.54, 1.807) is 6.92 Å². The van der Waals surface area contributed by atoms with Gasteiger partial charge in [0.2, 0.25) is 0 Å². The molecule has 1 aliphatic carbocycles. The van der Waals surface area contributed by atoms with Crippen molar-refractivity contribution in [3.05, 3.63) is 86.0 Å². The van der Waals surface area contributed by atoms with Crippen molar-refractivity contribution in [1.82, 2.24) is 5.32 Å². The van der Waals surface area contributed by atoms with Crippen molar-refractivity contribution in [1.29, 1.82) is 0 Å². The maximum Gasteiger partial charge on any atom is 0.336 e. The van der Waals surface area contributed by atoms with Gasteiger partial charge in [0, 0.05) is 29.3 Å². The molecule has 5 nitrogen and oxygen atoms in total. The minimum Gasteiger partial charge on any atom is -0.487 e. The van der Waals surface area contributed by atoms with Gasteiger partial charge >= 0.3 is 5.97 Å². The van der Waals surface area contributed by atoms with Crippen LogP contribution in [0.2, 0.25) is 5.02 Å². The van der Waals surface area contributed by atoms with E-state index in [9.17, 15) is 14.0 Å². The maximum atomic E-state index is 13.6. The van der Waals surface area contributed by atoms with Crippen LogP contribution >= 0.6 is 11.6 Å². The standard InChI is InChI=1S/C30H33ClFNO4/c1-7-36-29(35)26-18(4)33-23-13-30(5,6)14-24(34)28(23)27(26)21-11-19(16(2)10-17(21)3)15-37-25-9-8-20(32)12-22(25)31/h8-12,27,33H,7,13-15H2,1-6H3. The van der Waals surface area contributed by atoms with E-state index in [-0.39, 0.29) is 29.4 Å². The van der Waals surface area contributed by atoms with Gasteiger partial charge in [-0.1, -0.05) is 37.6 Å². The summed E-state index contributed by atoms with van der Waals surface area (Å²) in [5.74, 6) is -1.00. The molecule has 0 saturated heterocycles. The maximum absolute atomic E-state index is 13.6. The molecule has 0 aromatic heterocycles. The summed E-state index contributed by atoms with van der Waals surface area (Å²) >= 11 is 6.16. The zero-order chi connectivity index (χ0) is 27.1. The second-order valence-electron chi connectivity index (χ2n) is 10.6. The molecule has 0 spiro atoms. The molecule has 0 bridgehead atoms. The van der Waals surface area contributed by atoms with E-state index in [0.717, 1.165) is 28.0 Å². The van der Waals surface area contributed by atoms with E-state index in [1.807, 2.05) is 32.9 Å². The molecule has 0 fully saturated rings. The lowest BCUT2D eigenvalue weighted by atomic mass is 9.68. The number of benzene rings is 2. The summed E-state index contributed by atoms with van der Waals surface area (Å²) in [5, 5.41) is 3.56. The van der Waals surface area contributed by atoms with Crippen LogP contribution in [0.25, 0.3) is 0 Å². The van der Waals surface area contributed by atoms with Crippen LogP contribution in [0, 0.1) is 25.1 Å². The Bertz CT molecular complexity index is 1340. The van der Waals surface area contributed by atoms with Crippen molar-refractivity contribution >= 4 is 23.4 Å². The summed E-state index contributed by atoms with van der Waals surface area (Å²) in [4.78, 5) is 26.8. The molecule has 1 N–H and O–H groups in total. The molecule has 1 atom stereocenters. The Balaban J connectivity index is 1.81. The number of Topliss-reactive ketones (excluding diaryl/α,β-unsaturated/α-hetero) is 1. The number of carbonyl (C=O) groups excluding carboxylic acids is 2. The Labute approximate surface area is 222 Å². The fourth-order valence-corrected chi connectivity index (χ4v) is 5.58. The van der Waals surface area contributed by atoms with Crippen molar-refractivity contribution in [2.24, 2.45) is 5.41 Å². The third kappa shape index (κ3) is 5.45. The number of allylic oxidation sites excluding steroid dienone is 3. The van der Waals surface area contributed by atoms with Crippen LogP contribution in [-0.4, -0.2) is 18.4 Å². The van der Waals surface area contributed by atoms with Crippen LogP contribution in [0.3, 0.4) is 0 Å². The van der Waals surface area contributed by atoms with Gasteiger partial charge < -0.3 is 14.8 Å². The van der Waals surface area contributed by atoms with Gasteiger partial charge in [0.1, 0.15) is 18.2 Å². The van der Waals surface area contributed by atoms with Crippen molar-refractivity contribution < 1.29 is 23.5 Å². The molecule has 7 heteroatoms. The van der Waals surface area contributed by atoms with Gasteiger partial charge in [-0.05, 0) is 80.0 Å². The van der Waals surface area contributed by atoms with Crippen LogP contribution in [0.4, 0.5) is 4.39 Å².